The third-order valence-corrected chi connectivity index (χ3v) is 3.75. The quantitative estimate of drug-likeness (QED) is 0.897. The van der Waals surface area contributed by atoms with Gasteiger partial charge in [0.2, 0.25) is 0 Å². The molecule has 3 nitrogen and oxygen atoms in total. The fraction of sp³-hybridized carbons (Fsp3) is 0.533. The van der Waals surface area contributed by atoms with Gasteiger partial charge in [-0.2, -0.15) is 5.26 Å². The first-order chi connectivity index (χ1) is 9.19. The van der Waals surface area contributed by atoms with E-state index in [-0.39, 0.29) is 0 Å². The van der Waals surface area contributed by atoms with Crippen molar-refractivity contribution in [3.05, 3.63) is 28.8 Å². The number of benzene rings is 1. The summed E-state index contributed by atoms with van der Waals surface area (Å²) in [4.78, 5) is 2.51. The van der Waals surface area contributed by atoms with E-state index < -0.39 is 0 Å². The van der Waals surface area contributed by atoms with E-state index in [0.717, 1.165) is 18.8 Å². The van der Waals surface area contributed by atoms with Crippen LogP contribution in [0.15, 0.2) is 18.2 Å². The second-order valence-corrected chi connectivity index (χ2v) is 5.73. The molecule has 1 fully saturated rings. The maximum absolute atomic E-state index is 9.08. The summed E-state index contributed by atoms with van der Waals surface area (Å²) in [6.45, 7) is 6.71. The van der Waals surface area contributed by atoms with E-state index >= 15 is 0 Å². The van der Waals surface area contributed by atoms with Crippen molar-refractivity contribution in [2.45, 2.75) is 19.8 Å². The smallest absolute Gasteiger partial charge is 0.101 e. The van der Waals surface area contributed by atoms with Gasteiger partial charge in [0, 0.05) is 18.1 Å². The zero-order valence-electron chi connectivity index (χ0n) is 11.3. The summed E-state index contributed by atoms with van der Waals surface area (Å²) in [7, 11) is 0. The topological polar surface area (TPSA) is 39.1 Å². The molecule has 1 aromatic carbocycles. The lowest BCUT2D eigenvalue weighted by Crippen LogP contribution is -2.28. The average Bonchev–Trinajstić information content (AvgIpc) is 2.90. The molecule has 1 unspecified atom stereocenters. The molecule has 2 rings (SSSR count). The van der Waals surface area contributed by atoms with Crippen LogP contribution < -0.4 is 5.32 Å². The number of nitriles is 1. The van der Waals surface area contributed by atoms with Gasteiger partial charge in [0.25, 0.3) is 0 Å². The van der Waals surface area contributed by atoms with E-state index in [4.69, 9.17) is 16.9 Å². The first kappa shape index (κ1) is 14.2. The number of likely N-dealkylation sites (tertiary alicyclic amines) is 1. The lowest BCUT2D eigenvalue weighted by atomic mass is 10.1. The fourth-order valence-corrected chi connectivity index (χ4v) is 2.69. The van der Waals surface area contributed by atoms with Crippen molar-refractivity contribution in [3.63, 3.8) is 0 Å². The largest absolute Gasteiger partial charge is 0.384 e. The molecule has 0 amide bonds. The van der Waals surface area contributed by atoms with Crippen molar-refractivity contribution in [1.29, 1.82) is 5.26 Å². The van der Waals surface area contributed by atoms with Crippen molar-refractivity contribution in [2.75, 3.05) is 31.5 Å². The van der Waals surface area contributed by atoms with Gasteiger partial charge in [-0.05, 0) is 50.0 Å². The number of anilines is 1. The highest BCUT2D eigenvalue weighted by Crippen LogP contribution is 2.20. The second kappa shape index (κ2) is 6.79. The Labute approximate surface area is 120 Å². The Morgan fingerprint density at radius 2 is 2.16 bits per heavy atom. The molecule has 0 radical (unpaired) electrons. The summed E-state index contributed by atoms with van der Waals surface area (Å²) in [5, 5.41) is 13.0. The number of halogens is 1. The van der Waals surface area contributed by atoms with Crippen LogP contribution in [-0.4, -0.2) is 31.1 Å². The molecule has 102 valence electrons. The third-order valence-electron chi connectivity index (χ3n) is 3.51. The molecular formula is C15H20ClN3. The molecule has 1 aromatic rings. The van der Waals surface area contributed by atoms with Gasteiger partial charge in [0.05, 0.1) is 11.3 Å². The number of rotatable bonds is 5. The van der Waals surface area contributed by atoms with Crippen LogP contribution in [0.5, 0.6) is 0 Å². The molecule has 0 aromatic heterocycles. The van der Waals surface area contributed by atoms with Crippen molar-refractivity contribution in [2.24, 2.45) is 5.92 Å². The van der Waals surface area contributed by atoms with E-state index in [9.17, 15) is 0 Å². The summed E-state index contributed by atoms with van der Waals surface area (Å²) >= 11 is 5.89. The van der Waals surface area contributed by atoms with Crippen molar-refractivity contribution >= 4 is 17.3 Å². The molecule has 1 aliphatic rings. The minimum absolute atomic E-state index is 0.570. The molecule has 0 spiro atoms. The zero-order chi connectivity index (χ0) is 13.7. The van der Waals surface area contributed by atoms with Gasteiger partial charge in [-0.1, -0.05) is 18.5 Å². The Balaban J connectivity index is 1.86. The summed E-state index contributed by atoms with van der Waals surface area (Å²) in [5.41, 5.74) is 1.49. The van der Waals surface area contributed by atoms with E-state index in [2.05, 4.69) is 23.2 Å². The van der Waals surface area contributed by atoms with Gasteiger partial charge < -0.3 is 10.2 Å². The lowest BCUT2D eigenvalue weighted by Gasteiger charge is -2.21. The molecular weight excluding hydrogens is 258 g/mol. The summed E-state index contributed by atoms with van der Waals surface area (Å²) in [6.07, 6.45) is 2.66. The lowest BCUT2D eigenvalue weighted by molar-refractivity contribution is 0.294. The van der Waals surface area contributed by atoms with Crippen LogP contribution in [0.4, 0.5) is 5.69 Å². The third kappa shape index (κ3) is 4.12. The van der Waals surface area contributed by atoms with Crippen LogP contribution in [0.25, 0.3) is 0 Å². The van der Waals surface area contributed by atoms with Gasteiger partial charge in [-0.25, -0.2) is 0 Å². The van der Waals surface area contributed by atoms with Crippen LogP contribution in [0.2, 0.25) is 5.02 Å². The van der Waals surface area contributed by atoms with Gasteiger partial charge >= 0.3 is 0 Å². The molecule has 0 aliphatic carbocycles. The number of hydrogen-bond donors (Lipinski definition) is 1. The van der Waals surface area contributed by atoms with Crippen molar-refractivity contribution in [3.8, 4) is 6.07 Å². The van der Waals surface area contributed by atoms with E-state index in [1.165, 1.54) is 25.9 Å². The molecule has 0 bridgehead atoms. The van der Waals surface area contributed by atoms with Gasteiger partial charge in [-0.15, -0.1) is 0 Å². The van der Waals surface area contributed by atoms with Gasteiger partial charge in [-0.3, -0.25) is 0 Å². The standard InChI is InChI=1S/C15H20ClN3/c1-12(11-19-6-2-3-7-19)10-18-15-5-4-14(16)8-13(15)9-17/h4-5,8,12,18H,2-3,6-7,10-11H2,1H3. The van der Waals surface area contributed by atoms with Gasteiger partial charge in [0.15, 0.2) is 0 Å². The predicted molar refractivity (Wildman–Crippen MR) is 79.5 cm³/mol. The van der Waals surface area contributed by atoms with Crippen molar-refractivity contribution < 1.29 is 0 Å². The monoisotopic (exact) mass is 277 g/mol. The van der Waals surface area contributed by atoms with Crippen molar-refractivity contribution in [1.82, 2.24) is 4.90 Å². The Kier molecular flexibility index (Phi) is 5.07. The molecule has 1 atom stereocenters. The Morgan fingerprint density at radius 3 is 2.84 bits per heavy atom. The minimum atomic E-state index is 0.570. The molecule has 4 heteroatoms. The Hall–Kier alpha value is -1.24. The molecule has 1 heterocycles. The predicted octanol–water partition coefficient (Wildman–Crippen LogP) is 3.36. The summed E-state index contributed by atoms with van der Waals surface area (Å²) in [6, 6.07) is 7.57. The Bertz CT molecular complexity index is 461. The molecule has 0 saturated carbocycles. The first-order valence-corrected chi connectivity index (χ1v) is 7.22. The number of nitrogens with zero attached hydrogens (tertiary/aromatic N) is 2. The second-order valence-electron chi connectivity index (χ2n) is 5.30. The van der Waals surface area contributed by atoms with Crippen LogP contribution in [0.1, 0.15) is 25.3 Å². The highest BCUT2D eigenvalue weighted by atomic mass is 35.5. The molecule has 1 aliphatic heterocycles. The zero-order valence-corrected chi connectivity index (χ0v) is 12.1. The van der Waals surface area contributed by atoms with Crippen LogP contribution in [0, 0.1) is 17.2 Å². The summed E-state index contributed by atoms with van der Waals surface area (Å²) in [5.74, 6) is 0.570. The normalized spacial score (nSPS) is 17.1. The number of hydrogen-bond acceptors (Lipinski definition) is 3. The molecule has 1 N–H and O–H groups in total. The van der Waals surface area contributed by atoms with E-state index in [1.807, 2.05) is 12.1 Å². The molecule has 1 saturated heterocycles. The maximum Gasteiger partial charge on any atom is 0.101 e. The van der Waals surface area contributed by atoms with E-state index in [1.54, 1.807) is 6.07 Å². The highest BCUT2D eigenvalue weighted by Gasteiger charge is 2.14. The van der Waals surface area contributed by atoms with Crippen LogP contribution >= 0.6 is 11.6 Å². The summed E-state index contributed by atoms with van der Waals surface area (Å²) < 4.78 is 0. The SMILES string of the molecule is CC(CNc1ccc(Cl)cc1C#N)CN1CCCC1. The fourth-order valence-electron chi connectivity index (χ4n) is 2.52. The van der Waals surface area contributed by atoms with Crippen LogP contribution in [-0.2, 0) is 0 Å². The van der Waals surface area contributed by atoms with Gasteiger partial charge in [0.1, 0.15) is 6.07 Å². The maximum atomic E-state index is 9.08. The Morgan fingerprint density at radius 1 is 1.42 bits per heavy atom. The highest BCUT2D eigenvalue weighted by molar-refractivity contribution is 6.30. The molecule has 19 heavy (non-hydrogen) atoms. The number of nitrogens with one attached hydrogen (secondary N) is 1. The van der Waals surface area contributed by atoms with Crippen LogP contribution in [0.3, 0.4) is 0 Å². The first-order valence-electron chi connectivity index (χ1n) is 6.85. The minimum Gasteiger partial charge on any atom is -0.384 e. The van der Waals surface area contributed by atoms with E-state index in [0.29, 0.717) is 16.5 Å². The average molecular weight is 278 g/mol.